The van der Waals surface area contributed by atoms with E-state index in [0.717, 1.165) is 14.8 Å². The number of halogens is 1. The maximum Gasteiger partial charge on any atom is 0.264 e. The summed E-state index contributed by atoms with van der Waals surface area (Å²) in [5, 5.41) is 3.47. The smallest absolute Gasteiger partial charge is 0.264 e. The molecule has 0 fully saturated rings. The van der Waals surface area contributed by atoms with Crippen molar-refractivity contribution in [2.45, 2.75) is 16.7 Å². The minimum atomic E-state index is -3.95. The summed E-state index contributed by atoms with van der Waals surface area (Å²) in [6.07, 6.45) is 0. The number of benzene rings is 3. The van der Waals surface area contributed by atoms with Gasteiger partial charge >= 0.3 is 0 Å². The van der Waals surface area contributed by atoms with Crippen molar-refractivity contribution >= 4 is 45.0 Å². The summed E-state index contributed by atoms with van der Waals surface area (Å²) in [4.78, 5) is 13.8. The van der Waals surface area contributed by atoms with Gasteiger partial charge in [0.2, 0.25) is 5.91 Å². The van der Waals surface area contributed by atoms with Crippen LogP contribution in [-0.2, 0) is 14.8 Å². The number of thioether (sulfide) groups is 1. The lowest BCUT2D eigenvalue weighted by atomic mass is 10.2. The van der Waals surface area contributed by atoms with Crippen LogP contribution in [0.3, 0.4) is 0 Å². The van der Waals surface area contributed by atoms with Gasteiger partial charge in [-0.3, -0.25) is 9.10 Å². The quantitative estimate of drug-likeness (QED) is 0.318. The van der Waals surface area contributed by atoms with Crippen molar-refractivity contribution in [3.8, 4) is 5.75 Å². The average molecular weight is 505 g/mol. The molecule has 0 atom stereocenters. The lowest BCUT2D eigenvalue weighted by Gasteiger charge is -2.24. The monoisotopic (exact) mass is 504 g/mol. The molecule has 1 amide bonds. The van der Waals surface area contributed by atoms with Gasteiger partial charge in [-0.25, -0.2) is 8.42 Å². The molecule has 0 radical (unpaired) electrons. The largest absolute Gasteiger partial charge is 0.497 e. The van der Waals surface area contributed by atoms with Gasteiger partial charge in [-0.2, -0.15) is 0 Å². The predicted octanol–water partition coefficient (Wildman–Crippen LogP) is 4.76. The zero-order valence-electron chi connectivity index (χ0n) is 18.3. The van der Waals surface area contributed by atoms with Crippen LogP contribution in [0.5, 0.6) is 5.75 Å². The minimum Gasteiger partial charge on any atom is -0.497 e. The van der Waals surface area contributed by atoms with Crippen molar-refractivity contribution < 1.29 is 17.9 Å². The van der Waals surface area contributed by atoms with Crippen LogP contribution in [0.15, 0.2) is 82.6 Å². The van der Waals surface area contributed by atoms with Crippen LogP contribution in [0.4, 0.5) is 5.69 Å². The van der Waals surface area contributed by atoms with E-state index < -0.39 is 15.9 Å². The van der Waals surface area contributed by atoms with Crippen LogP contribution < -0.4 is 14.4 Å². The number of hydrogen-bond donors (Lipinski definition) is 1. The maximum atomic E-state index is 13.4. The summed E-state index contributed by atoms with van der Waals surface area (Å²) in [5.74, 6) is 0.842. The van der Waals surface area contributed by atoms with Crippen molar-refractivity contribution in [3.63, 3.8) is 0 Å². The number of anilines is 1. The first kappa shape index (κ1) is 25.0. The predicted molar refractivity (Wildman–Crippen MR) is 134 cm³/mol. The highest BCUT2D eigenvalue weighted by molar-refractivity contribution is 7.99. The molecule has 33 heavy (non-hydrogen) atoms. The van der Waals surface area contributed by atoms with Crippen molar-refractivity contribution in [3.05, 3.63) is 83.4 Å². The van der Waals surface area contributed by atoms with Gasteiger partial charge in [-0.05, 0) is 67.6 Å². The number of hydrogen-bond acceptors (Lipinski definition) is 5. The summed E-state index contributed by atoms with van der Waals surface area (Å²) in [6, 6.07) is 20.5. The zero-order valence-corrected chi connectivity index (χ0v) is 20.7. The van der Waals surface area contributed by atoms with Crippen LogP contribution in [0.2, 0.25) is 5.02 Å². The molecule has 0 aliphatic heterocycles. The van der Waals surface area contributed by atoms with E-state index in [1.807, 2.05) is 31.2 Å². The number of ether oxygens (including phenoxy) is 1. The number of carbonyl (C=O) groups is 1. The van der Waals surface area contributed by atoms with Crippen molar-refractivity contribution in [1.82, 2.24) is 5.32 Å². The topological polar surface area (TPSA) is 75.7 Å². The Balaban J connectivity index is 1.71. The fraction of sp³-hybridized carbons (Fsp3) is 0.208. The second-order valence-electron chi connectivity index (χ2n) is 7.18. The van der Waals surface area contributed by atoms with Crippen LogP contribution >= 0.6 is 23.4 Å². The maximum absolute atomic E-state index is 13.4. The number of nitrogens with one attached hydrogen (secondary N) is 1. The fourth-order valence-corrected chi connectivity index (χ4v) is 5.29. The first-order chi connectivity index (χ1) is 15.8. The van der Waals surface area contributed by atoms with Crippen LogP contribution in [-0.4, -0.2) is 40.3 Å². The Morgan fingerprint density at radius 2 is 1.64 bits per heavy atom. The van der Waals surface area contributed by atoms with Crippen molar-refractivity contribution in [2.24, 2.45) is 0 Å². The fourth-order valence-electron chi connectivity index (χ4n) is 2.98. The van der Waals surface area contributed by atoms with Gasteiger partial charge in [0.15, 0.2) is 0 Å². The minimum absolute atomic E-state index is 0.120. The Morgan fingerprint density at radius 1 is 1.00 bits per heavy atom. The summed E-state index contributed by atoms with van der Waals surface area (Å²) in [5.41, 5.74) is 1.32. The summed E-state index contributed by atoms with van der Waals surface area (Å²) < 4.78 is 33.0. The number of sulfonamides is 1. The third-order valence-corrected chi connectivity index (χ3v) is 7.82. The van der Waals surface area contributed by atoms with E-state index in [1.54, 1.807) is 60.3 Å². The molecular formula is C24H25ClN2O4S2. The van der Waals surface area contributed by atoms with E-state index in [4.69, 9.17) is 16.3 Å². The second kappa shape index (κ2) is 11.4. The van der Waals surface area contributed by atoms with Crippen molar-refractivity contribution in [2.75, 3.05) is 30.3 Å². The summed E-state index contributed by atoms with van der Waals surface area (Å²) >= 11 is 7.47. The number of nitrogens with zero attached hydrogens (tertiary/aromatic N) is 1. The van der Waals surface area contributed by atoms with E-state index in [2.05, 4.69) is 5.32 Å². The van der Waals surface area contributed by atoms with Gasteiger partial charge in [-0.1, -0.05) is 29.3 Å². The Hall–Kier alpha value is -2.68. The third-order valence-electron chi connectivity index (χ3n) is 4.76. The van der Waals surface area contributed by atoms with E-state index in [-0.39, 0.29) is 11.4 Å². The highest BCUT2D eigenvalue weighted by Crippen LogP contribution is 2.26. The van der Waals surface area contributed by atoms with E-state index in [1.165, 1.54) is 7.11 Å². The highest BCUT2D eigenvalue weighted by atomic mass is 35.5. The Morgan fingerprint density at radius 3 is 2.24 bits per heavy atom. The molecule has 0 aromatic heterocycles. The first-order valence-corrected chi connectivity index (χ1v) is 13.0. The molecule has 0 heterocycles. The number of amides is 1. The molecule has 1 N–H and O–H groups in total. The van der Waals surface area contributed by atoms with Crippen LogP contribution in [0.1, 0.15) is 5.56 Å². The number of rotatable bonds is 10. The molecule has 0 saturated heterocycles. The Labute approximate surface area is 204 Å². The molecule has 0 aliphatic carbocycles. The summed E-state index contributed by atoms with van der Waals surface area (Å²) in [7, 11) is -2.42. The molecule has 9 heteroatoms. The van der Waals surface area contributed by atoms with Gasteiger partial charge in [0.1, 0.15) is 12.3 Å². The molecule has 0 saturated carbocycles. The van der Waals surface area contributed by atoms with Gasteiger partial charge in [0, 0.05) is 22.2 Å². The lowest BCUT2D eigenvalue weighted by molar-refractivity contribution is -0.119. The number of aryl methyl sites for hydroxylation is 1. The molecule has 0 aliphatic rings. The zero-order chi connectivity index (χ0) is 23.8. The number of carbonyl (C=O) groups excluding carboxylic acids is 1. The molecular weight excluding hydrogens is 480 g/mol. The first-order valence-electron chi connectivity index (χ1n) is 10.2. The molecule has 3 aromatic rings. The van der Waals surface area contributed by atoms with Gasteiger partial charge < -0.3 is 10.1 Å². The molecule has 0 bridgehead atoms. The van der Waals surface area contributed by atoms with Crippen molar-refractivity contribution in [1.29, 1.82) is 0 Å². The molecule has 0 spiro atoms. The average Bonchev–Trinajstić information content (AvgIpc) is 2.82. The lowest BCUT2D eigenvalue weighted by Crippen LogP contribution is -2.41. The molecule has 3 rings (SSSR count). The molecule has 174 valence electrons. The Bertz CT molecular complexity index is 1170. The van der Waals surface area contributed by atoms with Gasteiger partial charge in [0.05, 0.1) is 17.7 Å². The number of methoxy groups -OCH3 is 1. The van der Waals surface area contributed by atoms with E-state index in [0.29, 0.717) is 28.8 Å². The molecule has 3 aromatic carbocycles. The summed E-state index contributed by atoms with van der Waals surface area (Å²) in [6.45, 7) is 1.94. The molecule has 6 nitrogen and oxygen atoms in total. The third kappa shape index (κ3) is 6.90. The van der Waals surface area contributed by atoms with Gasteiger partial charge in [-0.15, -0.1) is 11.8 Å². The van der Waals surface area contributed by atoms with E-state index in [9.17, 15) is 13.2 Å². The second-order valence-corrected chi connectivity index (χ2v) is 10.6. The van der Waals surface area contributed by atoms with Crippen LogP contribution in [0, 0.1) is 6.92 Å². The van der Waals surface area contributed by atoms with E-state index >= 15 is 0 Å². The highest BCUT2D eigenvalue weighted by Gasteiger charge is 2.27. The normalized spacial score (nSPS) is 11.1. The van der Waals surface area contributed by atoms with Gasteiger partial charge in [0.25, 0.3) is 10.0 Å². The Kier molecular flexibility index (Phi) is 8.66. The molecule has 0 unspecified atom stereocenters. The SMILES string of the molecule is COc1ccc(N(CC(=O)NCCSc2ccc(Cl)cc2)S(=O)(=O)c2ccc(C)cc2)cc1. The standard InChI is InChI=1S/C24H25ClN2O4S2/c1-18-3-13-23(14-4-18)33(29,30)27(20-7-9-21(31-2)10-8-20)17-24(28)26-15-16-32-22-11-5-19(25)6-12-22/h3-14H,15-17H2,1-2H3,(H,26,28). The van der Waals surface area contributed by atoms with Crippen LogP contribution in [0.25, 0.3) is 0 Å².